The Hall–Kier alpha value is -1.26. The molecule has 0 amide bonds. The van der Waals surface area contributed by atoms with Crippen molar-refractivity contribution in [3.05, 3.63) is 47.5 Å². The van der Waals surface area contributed by atoms with E-state index in [1.165, 1.54) is 12.1 Å². The van der Waals surface area contributed by atoms with Gasteiger partial charge in [0.25, 0.3) is 0 Å². The van der Waals surface area contributed by atoms with Gasteiger partial charge in [-0.1, -0.05) is 31.6 Å². The molecule has 0 radical (unpaired) electrons. The summed E-state index contributed by atoms with van der Waals surface area (Å²) in [6.07, 6.45) is 10.5. The molecule has 1 aliphatic heterocycles. The molecular weight excluding hydrogens is 322 g/mol. The zero-order valence-electron chi connectivity index (χ0n) is 14.9. The van der Waals surface area contributed by atoms with Gasteiger partial charge in [0.1, 0.15) is 0 Å². The molecule has 1 saturated heterocycles. The molecule has 2 aliphatic rings. The Balaban J connectivity index is 1.46. The van der Waals surface area contributed by atoms with Gasteiger partial charge in [0.15, 0.2) is 17.9 Å². The van der Waals surface area contributed by atoms with Crippen molar-refractivity contribution >= 4 is 0 Å². The van der Waals surface area contributed by atoms with Gasteiger partial charge in [-0.05, 0) is 55.7 Å². The van der Waals surface area contributed by atoms with E-state index < -0.39 is 11.6 Å². The van der Waals surface area contributed by atoms with Crippen LogP contribution in [0.3, 0.4) is 0 Å². The monoisotopic (exact) mass is 350 g/mol. The molecule has 1 aliphatic carbocycles. The van der Waals surface area contributed by atoms with E-state index in [0.29, 0.717) is 17.8 Å². The van der Waals surface area contributed by atoms with Gasteiger partial charge in [-0.25, -0.2) is 8.78 Å². The summed E-state index contributed by atoms with van der Waals surface area (Å²) in [5.74, 6) is -0.451. The van der Waals surface area contributed by atoms with Crippen molar-refractivity contribution in [3.8, 4) is 0 Å². The van der Waals surface area contributed by atoms with Crippen LogP contribution in [0.5, 0.6) is 0 Å². The molecule has 4 heteroatoms. The normalized spacial score (nSPS) is 30.7. The summed E-state index contributed by atoms with van der Waals surface area (Å²) in [4.78, 5) is 0. The van der Waals surface area contributed by atoms with Crippen LogP contribution in [-0.4, -0.2) is 19.5 Å². The molecule has 0 spiro atoms. The predicted octanol–water partition coefficient (Wildman–Crippen LogP) is 5.58. The van der Waals surface area contributed by atoms with Crippen molar-refractivity contribution in [2.45, 2.75) is 57.7 Å². The van der Waals surface area contributed by atoms with Gasteiger partial charge in [-0.15, -0.1) is 0 Å². The Bertz CT molecular complexity index is 571. The lowest BCUT2D eigenvalue weighted by Crippen LogP contribution is -2.37. The van der Waals surface area contributed by atoms with Crippen LogP contribution in [0.2, 0.25) is 0 Å². The van der Waals surface area contributed by atoms with Crippen molar-refractivity contribution in [1.29, 1.82) is 0 Å². The van der Waals surface area contributed by atoms with Crippen molar-refractivity contribution in [1.82, 2.24) is 0 Å². The van der Waals surface area contributed by atoms with Crippen LogP contribution in [0.25, 0.3) is 0 Å². The number of hydrogen-bond acceptors (Lipinski definition) is 2. The highest BCUT2D eigenvalue weighted by atomic mass is 19.2. The van der Waals surface area contributed by atoms with Crippen molar-refractivity contribution in [3.63, 3.8) is 0 Å². The Morgan fingerprint density at radius 1 is 1.04 bits per heavy atom. The van der Waals surface area contributed by atoms with E-state index >= 15 is 0 Å². The Morgan fingerprint density at radius 2 is 1.76 bits per heavy atom. The summed E-state index contributed by atoms with van der Waals surface area (Å²) in [5.41, 5.74) is 0.906. The fourth-order valence-corrected chi connectivity index (χ4v) is 3.86. The molecule has 2 fully saturated rings. The maximum Gasteiger partial charge on any atom is 0.160 e. The van der Waals surface area contributed by atoms with E-state index in [1.54, 1.807) is 6.07 Å². The van der Waals surface area contributed by atoms with E-state index in [4.69, 9.17) is 9.47 Å². The van der Waals surface area contributed by atoms with Gasteiger partial charge in [-0.3, -0.25) is 0 Å². The molecule has 25 heavy (non-hydrogen) atoms. The van der Waals surface area contributed by atoms with Gasteiger partial charge in [0.05, 0.1) is 13.2 Å². The highest BCUT2D eigenvalue weighted by Crippen LogP contribution is 2.39. The van der Waals surface area contributed by atoms with Crippen LogP contribution in [-0.2, 0) is 9.47 Å². The number of ether oxygens (including phenoxy) is 2. The summed E-state index contributed by atoms with van der Waals surface area (Å²) in [6, 6.07) is 4.29. The number of benzene rings is 1. The molecule has 3 rings (SSSR count). The lowest BCUT2D eigenvalue weighted by molar-refractivity contribution is -0.222. The summed E-state index contributed by atoms with van der Waals surface area (Å²) in [7, 11) is 0. The molecule has 0 bridgehead atoms. The smallest absolute Gasteiger partial charge is 0.160 e. The maximum absolute atomic E-state index is 13.4. The van der Waals surface area contributed by atoms with Gasteiger partial charge in [-0.2, -0.15) is 0 Å². The SMILES string of the molecule is CCCC=C[C@H]1CO[C@H]([C@H]2CC[C@H](c3ccc(F)c(F)c3)CC2)OC1. The fourth-order valence-electron chi connectivity index (χ4n) is 3.86. The highest BCUT2D eigenvalue weighted by molar-refractivity contribution is 5.22. The standard InChI is InChI=1S/C21H28F2O2/c1-2-3-4-5-15-13-24-21(25-14-15)17-8-6-16(7-9-17)18-10-11-19(22)20(23)12-18/h4-5,10-12,15-17,21H,2-3,6-9,13-14H2,1H3/t15-,16-,17-,21-. The number of halogens is 2. The van der Waals surface area contributed by atoms with E-state index in [0.717, 1.165) is 57.3 Å². The van der Waals surface area contributed by atoms with E-state index in [1.807, 2.05) is 0 Å². The highest BCUT2D eigenvalue weighted by Gasteiger charge is 2.32. The second kappa shape index (κ2) is 8.91. The fraction of sp³-hybridized carbons (Fsp3) is 0.619. The van der Waals surface area contributed by atoms with E-state index in [-0.39, 0.29) is 6.29 Å². The van der Waals surface area contributed by atoms with Crippen LogP contribution in [0, 0.1) is 23.5 Å². The zero-order chi connectivity index (χ0) is 17.6. The third-order valence-corrected chi connectivity index (χ3v) is 5.38. The van der Waals surface area contributed by atoms with Gasteiger partial charge >= 0.3 is 0 Å². The van der Waals surface area contributed by atoms with Gasteiger partial charge in [0, 0.05) is 11.8 Å². The molecule has 0 N–H and O–H groups in total. The third kappa shape index (κ3) is 4.89. The average Bonchev–Trinajstić information content (AvgIpc) is 2.65. The first-order valence-electron chi connectivity index (χ1n) is 9.52. The minimum Gasteiger partial charge on any atom is -0.352 e. The van der Waals surface area contributed by atoms with E-state index in [2.05, 4.69) is 19.1 Å². The zero-order valence-corrected chi connectivity index (χ0v) is 14.9. The maximum atomic E-state index is 13.4. The van der Waals surface area contributed by atoms with Crippen LogP contribution >= 0.6 is 0 Å². The first-order valence-corrected chi connectivity index (χ1v) is 9.52. The predicted molar refractivity (Wildman–Crippen MR) is 94.3 cm³/mol. The number of hydrogen-bond donors (Lipinski definition) is 0. The molecule has 1 saturated carbocycles. The largest absolute Gasteiger partial charge is 0.352 e. The van der Waals surface area contributed by atoms with Crippen LogP contribution in [0.4, 0.5) is 8.78 Å². The van der Waals surface area contributed by atoms with E-state index in [9.17, 15) is 8.78 Å². The van der Waals surface area contributed by atoms with Gasteiger partial charge in [0.2, 0.25) is 0 Å². The lowest BCUT2D eigenvalue weighted by Gasteiger charge is -2.37. The average molecular weight is 350 g/mol. The summed E-state index contributed by atoms with van der Waals surface area (Å²) in [6.45, 7) is 3.63. The van der Waals surface area contributed by atoms with Crippen molar-refractivity contribution < 1.29 is 18.3 Å². The first kappa shape index (κ1) is 18.5. The molecule has 138 valence electrons. The summed E-state index contributed by atoms with van der Waals surface area (Å²) < 4.78 is 38.4. The molecule has 1 aromatic rings. The van der Waals surface area contributed by atoms with Crippen LogP contribution in [0.1, 0.15) is 56.9 Å². The molecule has 0 aromatic heterocycles. The molecule has 1 aromatic carbocycles. The second-order valence-corrected chi connectivity index (χ2v) is 7.30. The Kier molecular flexibility index (Phi) is 6.60. The summed E-state index contributed by atoms with van der Waals surface area (Å²) >= 11 is 0. The van der Waals surface area contributed by atoms with Crippen molar-refractivity contribution in [2.24, 2.45) is 11.8 Å². The van der Waals surface area contributed by atoms with Crippen molar-refractivity contribution in [2.75, 3.05) is 13.2 Å². The minimum atomic E-state index is -0.774. The number of rotatable bonds is 5. The molecule has 2 nitrogen and oxygen atoms in total. The Labute approximate surface area is 149 Å². The second-order valence-electron chi connectivity index (χ2n) is 7.30. The van der Waals surface area contributed by atoms with Gasteiger partial charge < -0.3 is 9.47 Å². The number of allylic oxidation sites excluding steroid dienone is 1. The Morgan fingerprint density at radius 3 is 2.40 bits per heavy atom. The molecule has 0 atom stereocenters. The summed E-state index contributed by atoms with van der Waals surface area (Å²) in [5, 5.41) is 0. The lowest BCUT2D eigenvalue weighted by atomic mass is 9.78. The topological polar surface area (TPSA) is 18.5 Å². The van der Waals surface area contributed by atoms with Crippen LogP contribution in [0.15, 0.2) is 30.4 Å². The van der Waals surface area contributed by atoms with Crippen LogP contribution < -0.4 is 0 Å². The quantitative estimate of drug-likeness (QED) is 0.645. The first-order chi connectivity index (χ1) is 12.2. The molecule has 1 heterocycles. The molecule has 0 unspecified atom stereocenters. The third-order valence-electron chi connectivity index (χ3n) is 5.38. The molecular formula is C21H28F2O2. The number of unbranched alkanes of at least 4 members (excludes halogenated alkanes) is 1. The minimum absolute atomic E-state index is 0.110.